The van der Waals surface area contributed by atoms with Gasteiger partial charge in [0.05, 0.1) is 6.04 Å². The predicted molar refractivity (Wildman–Crippen MR) is 106 cm³/mol. The molecule has 25 heavy (non-hydrogen) atoms. The van der Waals surface area contributed by atoms with Crippen LogP contribution in [-0.2, 0) is 4.74 Å². The standard InChI is InChI=1S/C23H33NO/c1-4-5-6-7-18-8-10-19(11-9-18)20-12-14-21(15-13-20)23-24-22(16-25-23)17(2)3/h4,12-15,17-19,22H,1,5-11,16H2,2-3H3/t18-,19-,22-/m1/s1. The van der Waals surface area contributed by atoms with Crippen LogP contribution >= 0.6 is 0 Å². The zero-order valence-electron chi connectivity index (χ0n) is 15.9. The van der Waals surface area contributed by atoms with E-state index in [-0.39, 0.29) is 0 Å². The van der Waals surface area contributed by atoms with Crippen LogP contribution in [0, 0.1) is 11.8 Å². The molecule has 2 aliphatic rings. The third-order valence-corrected chi connectivity index (χ3v) is 5.94. The third-order valence-electron chi connectivity index (χ3n) is 5.94. The highest BCUT2D eigenvalue weighted by molar-refractivity contribution is 5.95. The maximum Gasteiger partial charge on any atom is 0.216 e. The molecule has 0 radical (unpaired) electrons. The molecule has 0 aromatic heterocycles. The van der Waals surface area contributed by atoms with E-state index in [1.165, 1.54) is 50.5 Å². The monoisotopic (exact) mass is 339 g/mol. The Bertz CT molecular complexity index is 579. The van der Waals surface area contributed by atoms with E-state index >= 15 is 0 Å². The topological polar surface area (TPSA) is 21.6 Å². The molecule has 136 valence electrons. The van der Waals surface area contributed by atoms with E-state index in [1.807, 2.05) is 0 Å². The van der Waals surface area contributed by atoms with Gasteiger partial charge in [-0.2, -0.15) is 0 Å². The van der Waals surface area contributed by atoms with Crippen LogP contribution in [0.4, 0.5) is 0 Å². The van der Waals surface area contributed by atoms with Crippen molar-refractivity contribution >= 4 is 5.90 Å². The summed E-state index contributed by atoms with van der Waals surface area (Å²) < 4.78 is 5.80. The van der Waals surface area contributed by atoms with Gasteiger partial charge >= 0.3 is 0 Å². The molecule has 3 rings (SSSR count). The summed E-state index contributed by atoms with van der Waals surface area (Å²) in [5.41, 5.74) is 2.62. The van der Waals surface area contributed by atoms with Crippen LogP contribution in [0.15, 0.2) is 41.9 Å². The lowest BCUT2D eigenvalue weighted by molar-refractivity contribution is 0.292. The van der Waals surface area contributed by atoms with E-state index in [2.05, 4.69) is 50.8 Å². The third kappa shape index (κ3) is 4.74. The number of nitrogens with zero attached hydrogens (tertiary/aromatic N) is 1. The van der Waals surface area contributed by atoms with Gasteiger partial charge in [-0.25, -0.2) is 4.99 Å². The summed E-state index contributed by atoms with van der Waals surface area (Å²) in [6, 6.07) is 9.31. The summed E-state index contributed by atoms with van der Waals surface area (Å²) in [5, 5.41) is 0. The number of allylic oxidation sites excluding steroid dienone is 1. The second-order valence-electron chi connectivity index (χ2n) is 8.12. The molecule has 0 amide bonds. The Morgan fingerprint density at radius 1 is 1.16 bits per heavy atom. The minimum atomic E-state index is 0.311. The highest BCUT2D eigenvalue weighted by Gasteiger charge is 2.24. The SMILES string of the molecule is C=CCCC[C@H]1CC[C@H](c2ccc(C3=N[C@@H](C(C)C)CO3)cc2)CC1. The van der Waals surface area contributed by atoms with Crippen LogP contribution in [0.3, 0.4) is 0 Å². The minimum Gasteiger partial charge on any atom is -0.475 e. The van der Waals surface area contributed by atoms with Gasteiger partial charge in [0, 0.05) is 5.56 Å². The van der Waals surface area contributed by atoms with Gasteiger partial charge in [-0.15, -0.1) is 6.58 Å². The zero-order chi connectivity index (χ0) is 17.6. The fraction of sp³-hybridized carbons (Fsp3) is 0.609. The number of aliphatic imine (C=N–C) groups is 1. The number of hydrogen-bond acceptors (Lipinski definition) is 2. The maximum atomic E-state index is 5.80. The average Bonchev–Trinajstić information content (AvgIpc) is 3.13. The summed E-state index contributed by atoms with van der Waals surface area (Å²) in [6.07, 6.45) is 11.4. The van der Waals surface area contributed by atoms with Crippen molar-refractivity contribution in [1.29, 1.82) is 0 Å². The van der Waals surface area contributed by atoms with E-state index in [0.717, 1.165) is 29.9 Å². The van der Waals surface area contributed by atoms with Crippen LogP contribution in [0.5, 0.6) is 0 Å². The average molecular weight is 340 g/mol. The number of hydrogen-bond donors (Lipinski definition) is 0. The number of ether oxygens (including phenoxy) is 1. The molecule has 2 nitrogen and oxygen atoms in total. The number of unbranched alkanes of at least 4 members (excludes halogenated alkanes) is 1. The highest BCUT2D eigenvalue weighted by Crippen LogP contribution is 2.37. The second-order valence-corrected chi connectivity index (χ2v) is 8.12. The summed E-state index contributed by atoms with van der Waals surface area (Å²) in [6.45, 7) is 8.96. The Balaban J connectivity index is 1.53. The first kappa shape index (κ1) is 18.2. The van der Waals surface area contributed by atoms with E-state index in [0.29, 0.717) is 12.0 Å². The van der Waals surface area contributed by atoms with Gasteiger partial charge in [0.15, 0.2) is 0 Å². The largest absolute Gasteiger partial charge is 0.475 e. The Labute approximate surface area is 153 Å². The van der Waals surface area contributed by atoms with Crippen molar-refractivity contribution in [3.05, 3.63) is 48.0 Å². The first-order valence-corrected chi connectivity index (χ1v) is 10.1. The molecule has 1 aromatic carbocycles. The zero-order valence-corrected chi connectivity index (χ0v) is 15.9. The molecule has 1 heterocycles. The van der Waals surface area contributed by atoms with Crippen LogP contribution in [-0.4, -0.2) is 18.5 Å². The number of rotatable bonds is 7. The second kappa shape index (κ2) is 8.69. The Kier molecular flexibility index (Phi) is 6.34. The van der Waals surface area contributed by atoms with E-state index in [9.17, 15) is 0 Å². The molecule has 0 unspecified atom stereocenters. The van der Waals surface area contributed by atoms with Gasteiger partial charge in [-0.05, 0) is 74.0 Å². The lowest BCUT2D eigenvalue weighted by Gasteiger charge is -2.29. The molecule has 1 atom stereocenters. The summed E-state index contributed by atoms with van der Waals surface area (Å²) in [7, 11) is 0. The molecule has 1 saturated carbocycles. The van der Waals surface area contributed by atoms with Crippen molar-refractivity contribution in [2.45, 2.75) is 70.8 Å². The van der Waals surface area contributed by atoms with Crippen molar-refractivity contribution < 1.29 is 4.74 Å². The normalized spacial score (nSPS) is 26.4. The molecule has 0 saturated heterocycles. The van der Waals surface area contributed by atoms with Crippen molar-refractivity contribution in [3.8, 4) is 0 Å². The van der Waals surface area contributed by atoms with E-state index in [1.54, 1.807) is 0 Å². The molecule has 1 aliphatic carbocycles. The number of benzene rings is 1. The van der Waals surface area contributed by atoms with Crippen molar-refractivity contribution in [1.82, 2.24) is 0 Å². The molecule has 2 heteroatoms. The van der Waals surface area contributed by atoms with Gasteiger partial charge in [0.1, 0.15) is 6.61 Å². The Hall–Kier alpha value is -1.57. The van der Waals surface area contributed by atoms with Crippen molar-refractivity contribution in [2.75, 3.05) is 6.61 Å². The molecule has 1 fully saturated rings. The highest BCUT2D eigenvalue weighted by atomic mass is 16.5. The first-order chi connectivity index (χ1) is 12.2. The smallest absolute Gasteiger partial charge is 0.216 e. The van der Waals surface area contributed by atoms with Gasteiger partial charge < -0.3 is 4.74 Å². The predicted octanol–water partition coefficient (Wildman–Crippen LogP) is 6.12. The molecule has 0 spiro atoms. The molecular formula is C23H33NO. The fourth-order valence-corrected chi connectivity index (χ4v) is 4.12. The summed E-state index contributed by atoms with van der Waals surface area (Å²) >= 11 is 0. The van der Waals surface area contributed by atoms with Gasteiger partial charge in [0.2, 0.25) is 5.90 Å². The van der Waals surface area contributed by atoms with Crippen molar-refractivity contribution in [3.63, 3.8) is 0 Å². The van der Waals surface area contributed by atoms with Gasteiger partial charge in [0.25, 0.3) is 0 Å². The van der Waals surface area contributed by atoms with Crippen LogP contribution in [0.25, 0.3) is 0 Å². The minimum absolute atomic E-state index is 0.311. The molecule has 0 bridgehead atoms. The van der Waals surface area contributed by atoms with Gasteiger partial charge in [-0.1, -0.05) is 38.5 Å². The molecular weight excluding hydrogens is 306 g/mol. The Morgan fingerprint density at radius 3 is 2.48 bits per heavy atom. The van der Waals surface area contributed by atoms with E-state index < -0.39 is 0 Å². The first-order valence-electron chi connectivity index (χ1n) is 10.1. The van der Waals surface area contributed by atoms with Crippen LogP contribution in [0.1, 0.15) is 75.8 Å². The van der Waals surface area contributed by atoms with Crippen molar-refractivity contribution in [2.24, 2.45) is 16.8 Å². The molecule has 0 N–H and O–H groups in total. The lowest BCUT2D eigenvalue weighted by atomic mass is 9.77. The summed E-state index contributed by atoms with van der Waals surface area (Å²) in [5.74, 6) is 3.04. The lowest BCUT2D eigenvalue weighted by Crippen LogP contribution is -2.13. The quantitative estimate of drug-likeness (QED) is 0.433. The van der Waals surface area contributed by atoms with Crippen LogP contribution in [0.2, 0.25) is 0 Å². The Morgan fingerprint density at radius 2 is 1.88 bits per heavy atom. The summed E-state index contributed by atoms with van der Waals surface area (Å²) in [4.78, 5) is 4.73. The van der Waals surface area contributed by atoms with E-state index in [4.69, 9.17) is 9.73 Å². The fourth-order valence-electron chi connectivity index (χ4n) is 4.12. The molecule has 1 aromatic rings. The van der Waals surface area contributed by atoms with Crippen LogP contribution < -0.4 is 0 Å². The van der Waals surface area contributed by atoms with Gasteiger partial charge in [-0.3, -0.25) is 0 Å². The maximum absolute atomic E-state index is 5.80. The molecule has 1 aliphatic heterocycles.